The van der Waals surface area contributed by atoms with Gasteiger partial charge in [-0.15, -0.1) is 11.3 Å². The number of benzene rings is 2. The van der Waals surface area contributed by atoms with Gasteiger partial charge in [-0.1, -0.05) is 36.4 Å². The first-order chi connectivity index (χ1) is 13.1. The van der Waals surface area contributed by atoms with Crippen LogP contribution in [0.4, 0.5) is 0 Å². The van der Waals surface area contributed by atoms with Gasteiger partial charge in [-0.05, 0) is 66.1 Å². The summed E-state index contributed by atoms with van der Waals surface area (Å²) >= 11 is 1.78. The minimum Gasteiger partial charge on any atom is -0.484 e. The summed E-state index contributed by atoms with van der Waals surface area (Å²) in [6, 6.07) is 18.3. The van der Waals surface area contributed by atoms with Crippen molar-refractivity contribution in [2.75, 3.05) is 13.2 Å². The van der Waals surface area contributed by atoms with Crippen molar-refractivity contribution in [3.63, 3.8) is 0 Å². The molecule has 0 radical (unpaired) electrons. The van der Waals surface area contributed by atoms with Crippen LogP contribution in [0.25, 0.3) is 0 Å². The molecule has 2 heterocycles. The molecule has 1 aliphatic heterocycles. The Morgan fingerprint density at radius 3 is 2.70 bits per heavy atom. The lowest BCUT2D eigenvalue weighted by Gasteiger charge is -2.36. The van der Waals surface area contributed by atoms with Gasteiger partial charge in [0.2, 0.25) is 0 Å². The minimum absolute atomic E-state index is 0.0268. The summed E-state index contributed by atoms with van der Waals surface area (Å²) in [6.45, 7) is 4.91. The first-order valence-electron chi connectivity index (χ1n) is 9.24. The molecule has 1 atom stereocenters. The van der Waals surface area contributed by atoms with E-state index in [-0.39, 0.29) is 18.6 Å². The Morgan fingerprint density at radius 1 is 1.11 bits per heavy atom. The Hall–Kier alpha value is -2.59. The van der Waals surface area contributed by atoms with Crippen LogP contribution in [0.3, 0.4) is 0 Å². The van der Waals surface area contributed by atoms with E-state index in [2.05, 4.69) is 37.4 Å². The number of amides is 1. The highest BCUT2D eigenvalue weighted by atomic mass is 32.1. The Balaban J connectivity index is 1.55. The maximum absolute atomic E-state index is 13.0. The lowest BCUT2D eigenvalue weighted by Crippen LogP contribution is -2.42. The van der Waals surface area contributed by atoms with Crippen LogP contribution in [0.2, 0.25) is 0 Å². The largest absolute Gasteiger partial charge is 0.484 e. The van der Waals surface area contributed by atoms with Crippen molar-refractivity contribution < 1.29 is 9.53 Å². The molecule has 0 bridgehead atoms. The van der Waals surface area contributed by atoms with Crippen LogP contribution in [0.1, 0.15) is 33.2 Å². The maximum Gasteiger partial charge on any atom is 0.261 e. The fourth-order valence-electron chi connectivity index (χ4n) is 3.61. The number of fused-ring (bicyclic) bond motifs is 1. The number of rotatable bonds is 4. The van der Waals surface area contributed by atoms with E-state index in [0.717, 1.165) is 24.3 Å². The Bertz CT molecular complexity index is 948. The minimum atomic E-state index is -0.0305. The number of carbonyl (C=O) groups is 1. The summed E-state index contributed by atoms with van der Waals surface area (Å²) in [5.74, 6) is 0.773. The molecule has 4 rings (SSSR count). The number of nitrogens with zero attached hydrogens (tertiary/aromatic N) is 1. The number of thiophene rings is 1. The summed E-state index contributed by atoms with van der Waals surface area (Å²) in [4.78, 5) is 16.4. The zero-order valence-electron chi connectivity index (χ0n) is 15.6. The van der Waals surface area contributed by atoms with E-state index in [1.54, 1.807) is 11.3 Å². The first-order valence-corrected chi connectivity index (χ1v) is 10.1. The summed E-state index contributed by atoms with van der Waals surface area (Å²) in [6.07, 6.45) is 0.908. The summed E-state index contributed by atoms with van der Waals surface area (Å²) in [7, 11) is 0. The SMILES string of the molecule is Cc1ccc(OCC(=O)N2CCc3sccc3[C@@H]2c2ccccc2)cc1C. The highest BCUT2D eigenvalue weighted by Gasteiger charge is 2.32. The van der Waals surface area contributed by atoms with Gasteiger partial charge in [0.25, 0.3) is 5.91 Å². The van der Waals surface area contributed by atoms with Gasteiger partial charge in [0, 0.05) is 11.4 Å². The van der Waals surface area contributed by atoms with Gasteiger partial charge in [-0.25, -0.2) is 0 Å². The van der Waals surface area contributed by atoms with Crippen LogP contribution in [-0.2, 0) is 11.2 Å². The topological polar surface area (TPSA) is 29.5 Å². The molecule has 0 N–H and O–H groups in total. The molecule has 138 valence electrons. The lowest BCUT2D eigenvalue weighted by atomic mass is 9.93. The molecule has 1 aliphatic rings. The molecular weight excluding hydrogens is 354 g/mol. The molecule has 27 heavy (non-hydrogen) atoms. The molecule has 4 heteroatoms. The molecule has 0 saturated carbocycles. The second-order valence-corrected chi connectivity index (χ2v) is 7.98. The van der Waals surface area contributed by atoms with Gasteiger partial charge in [-0.2, -0.15) is 0 Å². The first kappa shape index (κ1) is 17.8. The molecule has 0 aliphatic carbocycles. The van der Waals surface area contributed by atoms with Crippen molar-refractivity contribution >= 4 is 17.2 Å². The highest BCUT2D eigenvalue weighted by molar-refractivity contribution is 7.10. The van der Waals surface area contributed by atoms with Gasteiger partial charge in [-0.3, -0.25) is 4.79 Å². The van der Waals surface area contributed by atoms with E-state index in [0.29, 0.717) is 0 Å². The van der Waals surface area contributed by atoms with Crippen LogP contribution in [0.5, 0.6) is 5.75 Å². The highest BCUT2D eigenvalue weighted by Crippen LogP contribution is 2.37. The van der Waals surface area contributed by atoms with Crippen molar-refractivity contribution in [3.05, 3.63) is 87.1 Å². The zero-order chi connectivity index (χ0) is 18.8. The maximum atomic E-state index is 13.0. The van der Waals surface area contributed by atoms with Gasteiger partial charge in [0.1, 0.15) is 5.75 Å². The Morgan fingerprint density at radius 2 is 1.93 bits per heavy atom. The fraction of sp³-hybridized carbons (Fsp3) is 0.261. The molecule has 1 amide bonds. The average molecular weight is 378 g/mol. The number of hydrogen-bond donors (Lipinski definition) is 0. The third-order valence-corrected chi connectivity index (χ3v) is 6.24. The normalized spacial score (nSPS) is 16.1. The number of hydrogen-bond acceptors (Lipinski definition) is 3. The van der Waals surface area contributed by atoms with Crippen molar-refractivity contribution in [1.82, 2.24) is 4.90 Å². The third-order valence-electron chi connectivity index (χ3n) is 5.24. The zero-order valence-corrected chi connectivity index (χ0v) is 16.5. The van der Waals surface area contributed by atoms with Crippen LogP contribution in [0.15, 0.2) is 60.0 Å². The molecular formula is C23H23NO2S. The van der Waals surface area contributed by atoms with E-state index in [9.17, 15) is 4.79 Å². The molecule has 0 fully saturated rings. The van der Waals surface area contributed by atoms with Gasteiger partial charge < -0.3 is 9.64 Å². The van der Waals surface area contributed by atoms with Crippen molar-refractivity contribution in [1.29, 1.82) is 0 Å². The van der Waals surface area contributed by atoms with Crippen LogP contribution >= 0.6 is 11.3 Å². The van der Waals surface area contributed by atoms with Crippen molar-refractivity contribution in [3.8, 4) is 5.75 Å². The molecule has 0 unspecified atom stereocenters. The molecule has 3 aromatic rings. The fourth-order valence-corrected chi connectivity index (χ4v) is 4.52. The summed E-state index contributed by atoms with van der Waals surface area (Å²) < 4.78 is 5.82. The second-order valence-electron chi connectivity index (χ2n) is 6.98. The summed E-state index contributed by atoms with van der Waals surface area (Å²) in [5.41, 5.74) is 4.79. The van der Waals surface area contributed by atoms with Crippen LogP contribution < -0.4 is 4.74 Å². The van der Waals surface area contributed by atoms with Crippen molar-refractivity contribution in [2.45, 2.75) is 26.3 Å². The van der Waals surface area contributed by atoms with Gasteiger partial charge in [0.05, 0.1) is 6.04 Å². The molecule has 3 nitrogen and oxygen atoms in total. The summed E-state index contributed by atoms with van der Waals surface area (Å²) in [5, 5.41) is 2.13. The van der Waals surface area contributed by atoms with E-state index < -0.39 is 0 Å². The predicted octanol–water partition coefficient (Wildman–Crippen LogP) is 4.92. The number of carbonyl (C=O) groups excluding carboxylic acids is 1. The third kappa shape index (κ3) is 3.62. The quantitative estimate of drug-likeness (QED) is 0.646. The van der Waals surface area contributed by atoms with E-state index in [1.807, 2.05) is 41.3 Å². The molecule has 0 spiro atoms. The number of ether oxygens (including phenoxy) is 1. The lowest BCUT2D eigenvalue weighted by molar-refractivity contribution is -0.135. The van der Waals surface area contributed by atoms with Gasteiger partial charge >= 0.3 is 0 Å². The molecule has 0 saturated heterocycles. The average Bonchev–Trinajstić information content (AvgIpc) is 3.17. The van der Waals surface area contributed by atoms with E-state index in [1.165, 1.54) is 21.6 Å². The smallest absolute Gasteiger partial charge is 0.261 e. The van der Waals surface area contributed by atoms with Crippen LogP contribution in [0, 0.1) is 13.8 Å². The second kappa shape index (κ2) is 7.57. The van der Waals surface area contributed by atoms with E-state index in [4.69, 9.17) is 4.74 Å². The number of aryl methyl sites for hydroxylation is 2. The standard InChI is InChI=1S/C23H23NO2S/c1-16-8-9-19(14-17(16)2)26-15-22(25)24-12-10-21-20(11-13-27-21)23(24)18-6-4-3-5-7-18/h3-9,11,13-14,23H,10,12,15H2,1-2H3/t23-/m0/s1. The van der Waals surface area contributed by atoms with Crippen molar-refractivity contribution in [2.24, 2.45) is 0 Å². The monoisotopic (exact) mass is 377 g/mol. The molecule has 2 aromatic carbocycles. The van der Waals surface area contributed by atoms with E-state index >= 15 is 0 Å². The van der Waals surface area contributed by atoms with Crippen LogP contribution in [-0.4, -0.2) is 24.0 Å². The molecule has 1 aromatic heterocycles. The Labute approximate surface area is 164 Å². The Kier molecular flexibility index (Phi) is 4.99. The van der Waals surface area contributed by atoms with Gasteiger partial charge in [0.15, 0.2) is 6.61 Å². The predicted molar refractivity (Wildman–Crippen MR) is 109 cm³/mol.